The van der Waals surface area contributed by atoms with E-state index in [1.807, 2.05) is 47.4 Å². The SMILES string of the molecule is Cc1cnc(C(C)NCc2cnn(-c3ccccc3)c2)s1. The number of hydrogen-bond donors (Lipinski definition) is 1. The zero-order valence-electron chi connectivity index (χ0n) is 12.2. The van der Waals surface area contributed by atoms with Crippen LogP contribution >= 0.6 is 11.3 Å². The molecular weight excluding hydrogens is 280 g/mol. The minimum Gasteiger partial charge on any atom is -0.304 e. The lowest BCUT2D eigenvalue weighted by Crippen LogP contribution is -2.17. The molecule has 0 fully saturated rings. The normalized spacial score (nSPS) is 12.5. The molecule has 0 bridgehead atoms. The van der Waals surface area contributed by atoms with Gasteiger partial charge < -0.3 is 5.32 Å². The van der Waals surface area contributed by atoms with Gasteiger partial charge in [0.2, 0.25) is 0 Å². The molecule has 2 heterocycles. The number of thiazole rings is 1. The minimum absolute atomic E-state index is 0.253. The van der Waals surface area contributed by atoms with Gasteiger partial charge in [0.1, 0.15) is 5.01 Å². The molecule has 1 unspecified atom stereocenters. The third-order valence-corrected chi connectivity index (χ3v) is 4.37. The average Bonchev–Trinajstić information content (AvgIpc) is 3.15. The minimum atomic E-state index is 0.253. The fraction of sp³-hybridized carbons (Fsp3) is 0.250. The van der Waals surface area contributed by atoms with Gasteiger partial charge in [0.15, 0.2) is 0 Å². The van der Waals surface area contributed by atoms with Crippen LogP contribution in [0.3, 0.4) is 0 Å². The molecule has 108 valence electrons. The zero-order valence-corrected chi connectivity index (χ0v) is 13.0. The molecule has 0 aliphatic heterocycles. The van der Waals surface area contributed by atoms with Crippen molar-refractivity contribution in [3.05, 3.63) is 64.4 Å². The number of para-hydroxylation sites is 1. The van der Waals surface area contributed by atoms with Crippen molar-refractivity contribution in [3.63, 3.8) is 0 Å². The Balaban J connectivity index is 1.63. The average molecular weight is 298 g/mol. The van der Waals surface area contributed by atoms with Crippen molar-refractivity contribution >= 4 is 11.3 Å². The first-order valence-corrected chi connectivity index (χ1v) is 7.79. The number of benzene rings is 1. The van der Waals surface area contributed by atoms with Gasteiger partial charge >= 0.3 is 0 Å². The van der Waals surface area contributed by atoms with E-state index in [-0.39, 0.29) is 6.04 Å². The van der Waals surface area contributed by atoms with Crippen LogP contribution in [0.1, 0.15) is 28.4 Å². The molecule has 5 heteroatoms. The molecule has 0 saturated heterocycles. The standard InChI is InChI=1S/C16H18N4S/c1-12-8-18-16(21-12)13(2)17-9-14-10-19-20(11-14)15-6-4-3-5-7-15/h3-8,10-11,13,17H,9H2,1-2H3. The van der Waals surface area contributed by atoms with Gasteiger partial charge in [-0.1, -0.05) is 18.2 Å². The van der Waals surface area contributed by atoms with Crippen LogP contribution in [0.25, 0.3) is 5.69 Å². The van der Waals surface area contributed by atoms with Crippen molar-refractivity contribution in [2.24, 2.45) is 0 Å². The fourth-order valence-electron chi connectivity index (χ4n) is 2.10. The lowest BCUT2D eigenvalue weighted by molar-refractivity contribution is 0.572. The van der Waals surface area contributed by atoms with E-state index in [1.54, 1.807) is 11.3 Å². The Hall–Kier alpha value is -1.98. The third kappa shape index (κ3) is 3.37. The summed E-state index contributed by atoms with van der Waals surface area (Å²) in [5.41, 5.74) is 2.24. The highest BCUT2D eigenvalue weighted by Gasteiger charge is 2.09. The summed E-state index contributed by atoms with van der Waals surface area (Å²) in [7, 11) is 0. The van der Waals surface area contributed by atoms with Crippen LogP contribution in [0.5, 0.6) is 0 Å². The molecule has 1 N–H and O–H groups in total. The van der Waals surface area contributed by atoms with Gasteiger partial charge in [0, 0.05) is 29.4 Å². The van der Waals surface area contributed by atoms with Gasteiger partial charge in [-0.05, 0) is 26.0 Å². The predicted octanol–water partition coefficient (Wildman–Crippen LogP) is 3.49. The molecule has 0 aliphatic carbocycles. The molecule has 3 aromatic rings. The Bertz CT molecular complexity index is 702. The highest BCUT2D eigenvalue weighted by Crippen LogP contribution is 2.19. The first kappa shape index (κ1) is 14.0. The highest BCUT2D eigenvalue weighted by molar-refractivity contribution is 7.11. The zero-order chi connectivity index (χ0) is 14.7. The number of nitrogens with one attached hydrogen (secondary N) is 1. The summed E-state index contributed by atoms with van der Waals surface area (Å²) in [4.78, 5) is 5.66. The second-order valence-corrected chi connectivity index (χ2v) is 6.31. The lowest BCUT2D eigenvalue weighted by atomic mass is 10.3. The molecule has 1 atom stereocenters. The van der Waals surface area contributed by atoms with Crippen LogP contribution in [0.15, 0.2) is 48.9 Å². The van der Waals surface area contributed by atoms with Crippen molar-refractivity contribution in [3.8, 4) is 5.69 Å². The number of hydrogen-bond acceptors (Lipinski definition) is 4. The summed E-state index contributed by atoms with van der Waals surface area (Å²) < 4.78 is 1.90. The summed E-state index contributed by atoms with van der Waals surface area (Å²) in [6.45, 7) is 5.00. The monoisotopic (exact) mass is 298 g/mol. The van der Waals surface area contributed by atoms with E-state index in [9.17, 15) is 0 Å². The summed E-state index contributed by atoms with van der Waals surface area (Å²) in [6, 6.07) is 10.4. The molecule has 0 amide bonds. The Kier molecular flexibility index (Phi) is 4.13. The van der Waals surface area contributed by atoms with E-state index in [0.29, 0.717) is 0 Å². The number of nitrogens with zero attached hydrogens (tertiary/aromatic N) is 3. The van der Waals surface area contributed by atoms with Crippen LogP contribution in [0.4, 0.5) is 0 Å². The third-order valence-electron chi connectivity index (χ3n) is 3.28. The maximum atomic E-state index is 4.42. The maximum Gasteiger partial charge on any atom is 0.109 e. The van der Waals surface area contributed by atoms with Crippen LogP contribution in [-0.2, 0) is 6.54 Å². The smallest absolute Gasteiger partial charge is 0.109 e. The van der Waals surface area contributed by atoms with Gasteiger partial charge in [-0.25, -0.2) is 9.67 Å². The van der Waals surface area contributed by atoms with E-state index in [0.717, 1.165) is 17.2 Å². The van der Waals surface area contributed by atoms with E-state index >= 15 is 0 Å². The van der Waals surface area contributed by atoms with Gasteiger partial charge in [-0.3, -0.25) is 0 Å². The Morgan fingerprint density at radius 2 is 2.05 bits per heavy atom. The van der Waals surface area contributed by atoms with E-state index in [2.05, 4.69) is 35.4 Å². The topological polar surface area (TPSA) is 42.7 Å². The molecule has 0 aliphatic rings. The van der Waals surface area contributed by atoms with Crippen LogP contribution in [-0.4, -0.2) is 14.8 Å². The summed E-state index contributed by atoms with van der Waals surface area (Å²) in [5.74, 6) is 0. The maximum absolute atomic E-state index is 4.42. The van der Waals surface area contributed by atoms with Gasteiger partial charge in [0.05, 0.1) is 17.9 Å². The Labute approximate surface area is 128 Å². The lowest BCUT2D eigenvalue weighted by Gasteiger charge is -2.09. The second kappa shape index (κ2) is 6.20. The molecule has 0 saturated carbocycles. The van der Waals surface area contributed by atoms with Crippen LogP contribution < -0.4 is 5.32 Å². The molecule has 3 rings (SSSR count). The quantitative estimate of drug-likeness (QED) is 0.784. The molecule has 21 heavy (non-hydrogen) atoms. The first-order valence-electron chi connectivity index (χ1n) is 6.97. The molecule has 4 nitrogen and oxygen atoms in total. The van der Waals surface area contributed by atoms with Crippen molar-refractivity contribution in [2.75, 3.05) is 0 Å². The predicted molar refractivity (Wildman–Crippen MR) is 85.7 cm³/mol. The van der Waals surface area contributed by atoms with Crippen molar-refractivity contribution in [1.82, 2.24) is 20.1 Å². The van der Waals surface area contributed by atoms with Crippen molar-refractivity contribution < 1.29 is 0 Å². The highest BCUT2D eigenvalue weighted by atomic mass is 32.1. The number of rotatable bonds is 5. The molecule has 2 aromatic heterocycles. The summed E-state index contributed by atoms with van der Waals surface area (Å²) >= 11 is 1.74. The number of aromatic nitrogens is 3. The number of aryl methyl sites for hydroxylation is 1. The van der Waals surface area contributed by atoms with Crippen molar-refractivity contribution in [1.29, 1.82) is 0 Å². The van der Waals surface area contributed by atoms with E-state index in [1.165, 1.54) is 10.4 Å². The van der Waals surface area contributed by atoms with E-state index in [4.69, 9.17) is 0 Å². The fourth-order valence-corrected chi connectivity index (χ4v) is 2.90. The van der Waals surface area contributed by atoms with Crippen LogP contribution in [0.2, 0.25) is 0 Å². The molecular formula is C16H18N4S. The first-order chi connectivity index (χ1) is 10.2. The van der Waals surface area contributed by atoms with Crippen LogP contribution in [0, 0.1) is 6.92 Å². The Morgan fingerprint density at radius 3 is 2.76 bits per heavy atom. The van der Waals surface area contributed by atoms with Gasteiger partial charge in [0.25, 0.3) is 0 Å². The van der Waals surface area contributed by atoms with Gasteiger partial charge in [-0.15, -0.1) is 11.3 Å². The summed E-state index contributed by atoms with van der Waals surface area (Å²) in [6.07, 6.45) is 5.88. The van der Waals surface area contributed by atoms with E-state index < -0.39 is 0 Å². The Morgan fingerprint density at radius 1 is 1.24 bits per heavy atom. The molecule has 1 aromatic carbocycles. The van der Waals surface area contributed by atoms with Crippen molar-refractivity contribution in [2.45, 2.75) is 26.4 Å². The second-order valence-electron chi connectivity index (χ2n) is 5.04. The van der Waals surface area contributed by atoms with Gasteiger partial charge in [-0.2, -0.15) is 5.10 Å². The molecule has 0 spiro atoms. The summed E-state index contributed by atoms with van der Waals surface area (Å²) in [5, 5.41) is 9.02. The largest absolute Gasteiger partial charge is 0.304 e. The molecule has 0 radical (unpaired) electrons.